The van der Waals surface area contributed by atoms with Crippen molar-refractivity contribution in [3.63, 3.8) is 0 Å². The summed E-state index contributed by atoms with van der Waals surface area (Å²) in [6.07, 6.45) is 0. The van der Waals surface area contributed by atoms with E-state index < -0.39 is 0 Å². The van der Waals surface area contributed by atoms with E-state index in [0.717, 1.165) is 11.3 Å². The van der Waals surface area contributed by atoms with Gasteiger partial charge in [0.1, 0.15) is 5.75 Å². The van der Waals surface area contributed by atoms with Crippen LogP contribution in [0.5, 0.6) is 5.75 Å². The van der Waals surface area contributed by atoms with Crippen LogP contribution >= 0.6 is 23.6 Å². The van der Waals surface area contributed by atoms with Crippen LogP contribution in [0.25, 0.3) is 0 Å². The van der Waals surface area contributed by atoms with Gasteiger partial charge < -0.3 is 15.4 Å². The summed E-state index contributed by atoms with van der Waals surface area (Å²) in [7, 11) is 1.67. The zero-order chi connectivity index (χ0) is 18.4. The fourth-order valence-corrected chi connectivity index (χ4v) is 3.63. The molecule has 5 heteroatoms. The second-order valence-electron chi connectivity index (χ2n) is 6.03. The van der Waals surface area contributed by atoms with Crippen molar-refractivity contribution in [2.75, 3.05) is 7.11 Å². The van der Waals surface area contributed by atoms with Crippen LogP contribution in [0.4, 0.5) is 0 Å². The number of nitrogens with one attached hydrogen (secondary N) is 2. The second kappa shape index (κ2) is 8.83. The van der Waals surface area contributed by atoms with Crippen LogP contribution in [-0.4, -0.2) is 12.2 Å². The van der Waals surface area contributed by atoms with Gasteiger partial charge >= 0.3 is 0 Å². The van der Waals surface area contributed by atoms with Gasteiger partial charge in [-0.3, -0.25) is 0 Å². The molecule has 0 amide bonds. The lowest BCUT2D eigenvalue weighted by atomic mass is 10.0. The molecule has 0 radical (unpaired) electrons. The number of thiocarbonyl (C=S) groups is 1. The van der Waals surface area contributed by atoms with Gasteiger partial charge in [0, 0.05) is 11.4 Å². The lowest BCUT2D eigenvalue weighted by Crippen LogP contribution is -2.37. The molecule has 0 saturated carbocycles. The molecule has 3 aromatic rings. The van der Waals surface area contributed by atoms with Gasteiger partial charge in [-0.15, -0.1) is 11.3 Å². The number of benzene rings is 2. The largest absolute Gasteiger partial charge is 0.497 e. The summed E-state index contributed by atoms with van der Waals surface area (Å²) in [4.78, 5) is 1.24. The van der Waals surface area contributed by atoms with E-state index in [-0.39, 0.29) is 6.04 Å². The third-order valence-electron chi connectivity index (χ3n) is 4.13. The van der Waals surface area contributed by atoms with Crippen LogP contribution in [0.3, 0.4) is 0 Å². The number of hydrogen-bond donors (Lipinski definition) is 2. The maximum absolute atomic E-state index is 5.54. The van der Waals surface area contributed by atoms with Gasteiger partial charge in [0.2, 0.25) is 0 Å². The topological polar surface area (TPSA) is 33.3 Å². The Hall–Kier alpha value is -2.37. The van der Waals surface area contributed by atoms with E-state index in [4.69, 9.17) is 17.0 Å². The minimum atomic E-state index is 0.0477. The maximum Gasteiger partial charge on any atom is 0.167 e. The predicted octanol–water partition coefficient (Wildman–Crippen LogP) is 4.82. The van der Waals surface area contributed by atoms with Crippen LogP contribution < -0.4 is 15.4 Å². The fourth-order valence-electron chi connectivity index (χ4n) is 2.64. The number of ether oxygens (including phenoxy) is 1. The van der Waals surface area contributed by atoms with Crippen LogP contribution in [-0.2, 0) is 6.54 Å². The number of aryl methyl sites for hydroxylation is 1. The monoisotopic (exact) mass is 382 g/mol. The Balaban J connectivity index is 1.66. The lowest BCUT2D eigenvalue weighted by molar-refractivity contribution is 0.414. The summed E-state index contributed by atoms with van der Waals surface area (Å²) >= 11 is 7.26. The molecule has 0 aliphatic carbocycles. The normalized spacial score (nSPS) is 11.6. The van der Waals surface area contributed by atoms with Crippen molar-refractivity contribution in [2.45, 2.75) is 19.5 Å². The molecule has 0 fully saturated rings. The van der Waals surface area contributed by atoms with Gasteiger partial charge in [0.05, 0.1) is 13.2 Å². The van der Waals surface area contributed by atoms with E-state index in [2.05, 4.69) is 59.3 Å². The highest BCUT2D eigenvalue weighted by Crippen LogP contribution is 2.26. The van der Waals surface area contributed by atoms with Gasteiger partial charge in [-0.05, 0) is 53.8 Å². The molecular formula is C21H22N2OS2. The first-order chi connectivity index (χ1) is 12.7. The Morgan fingerprint density at radius 3 is 2.42 bits per heavy atom. The lowest BCUT2D eigenvalue weighted by Gasteiger charge is -2.21. The van der Waals surface area contributed by atoms with Crippen molar-refractivity contribution in [3.8, 4) is 5.75 Å². The highest BCUT2D eigenvalue weighted by atomic mass is 32.1. The summed E-state index contributed by atoms with van der Waals surface area (Å²) in [6, 6.07) is 20.8. The summed E-state index contributed by atoms with van der Waals surface area (Å²) < 4.78 is 5.19. The van der Waals surface area contributed by atoms with Crippen LogP contribution in [0.1, 0.15) is 27.6 Å². The highest BCUT2D eigenvalue weighted by molar-refractivity contribution is 7.80. The minimum absolute atomic E-state index is 0.0477. The molecule has 1 atom stereocenters. The molecule has 1 aromatic heterocycles. The Kier molecular flexibility index (Phi) is 6.26. The highest BCUT2D eigenvalue weighted by Gasteiger charge is 2.16. The molecule has 134 valence electrons. The van der Waals surface area contributed by atoms with E-state index in [1.807, 2.05) is 24.3 Å². The Morgan fingerprint density at radius 2 is 1.81 bits per heavy atom. The first-order valence-corrected chi connectivity index (χ1v) is 9.72. The first-order valence-electron chi connectivity index (χ1n) is 8.43. The molecule has 0 spiro atoms. The molecule has 0 bridgehead atoms. The van der Waals surface area contributed by atoms with Crippen molar-refractivity contribution in [3.05, 3.63) is 87.6 Å². The number of thiophene rings is 1. The smallest absolute Gasteiger partial charge is 0.167 e. The summed E-state index contributed by atoms with van der Waals surface area (Å²) in [5, 5.41) is 9.48. The van der Waals surface area contributed by atoms with Crippen LogP contribution in [0, 0.1) is 6.92 Å². The third kappa shape index (κ3) is 4.84. The van der Waals surface area contributed by atoms with E-state index in [9.17, 15) is 0 Å². The number of rotatable bonds is 6. The van der Waals surface area contributed by atoms with E-state index >= 15 is 0 Å². The average molecular weight is 383 g/mol. The zero-order valence-corrected chi connectivity index (χ0v) is 16.5. The van der Waals surface area contributed by atoms with Crippen molar-refractivity contribution >= 4 is 28.7 Å². The van der Waals surface area contributed by atoms with Gasteiger partial charge in [-0.25, -0.2) is 0 Å². The zero-order valence-electron chi connectivity index (χ0n) is 14.9. The average Bonchev–Trinajstić information content (AvgIpc) is 3.20. The van der Waals surface area contributed by atoms with Crippen molar-refractivity contribution in [2.24, 2.45) is 0 Å². The number of methoxy groups -OCH3 is 1. The number of hydrogen-bond acceptors (Lipinski definition) is 3. The molecule has 2 N–H and O–H groups in total. The molecule has 26 heavy (non-hydrogen) atoms. The van der Waals surface area contributed by atoms with Crippen LogP contribution in [0.2, 0.25) is 0 Å². The molecule has 3 rings (SSSR count). The molecule has 3 nitrogen and oxygen atoms in total. The summed E-state index contributed by atoms with van der Waals surface area (Å²) in [5.74, 6) is 0.853. The fraction of sp³-hybridized carbons (Fsp3) is 0.190. The minimum Gasteiger partial charge on any atom is -0.497 e. The van der Waals surface area contributed by atoms with E-state index in [0.29, 0.717) is 11.7 Å². The van der Waals surface area contributed by atoms with Gasteiger partial charge in [-0.1, -0.05) is 48.0 Å². The van der Waals surface area contributed by atoms with E-state index in [1.54, 1.807) is 18.4 Å². The standard InChI is InChI=1S/C21H22N2OS2/c1-15-5-9-17(10-6-15)20(19-4-3-13-26-19)23-21(25)22-14-16-7-11-18(24-2)12-8-16/h3-13,20H,14H2,1-2H3,(H2,22,23,25)/t20-/m1/s1. The predicted molar refractivity (Wildman–Crippen MR) is 113 cm³/mol. The van der Waals surface area contributed by atoms with Gasteiger partial charge in [-0.2, -0.15) is 0 Å². The van der Waals surface area contributed by atoms with Crippen molar-refractivity contribution in [1.82, 2.24) is 10.6 Å². The van der Waals surface area contributed by atoms with Crippen LogP contribution in [0.15, 0.2) is 66.0 Å². The Bertz CT molecular complexity index is 827. The molecule has 2 aromatic carbocycles. The van der Waals surface area contributed by atoms with Crippen molar-refractivity contribution < 1.29 is 4.74 Å². The molecule has 0 unspecified atom stereocenters. The maximum atomic E-state index is 5.54. The summed E-state index contributed by atoms with van der Waals surface area (Å²) in [6.45, 7) is 2.76. The first kappa shape index (κ1) is 18.4. The molecule has 0 saturated heterocycles. The summed E-state index contributed by atoms with van der Waals surface area (Å²) in [5.41, 5.74) is 3.60. The molecule has 1 heterocycles. The van der Waals surface area contributed by atoms with Crippen molar-refractivity contribution in [1.29, 1.82) is 0 Å². The Morgan fingerprint density at radius 1 is 1.08 bits per heavy atom. The van der Waals surface area contributed by atoms with Gasteiger partial charge in [0.15, 0.2) is 5.11 Å². The van der Waals surface area contributed by atoms with Gasteiger partial charge in [0.25, 0.3) is 0 Å². The molecule has 0 aliphatic heterocycles. The Labute approximate surface area is 164 Å². The quantitative estimate of drug-likeness (QED) is 0.599. The second-order valence-corrected chi connectivity index (χ2v) is 7.42. The SMILES string of the molecule is COc1ccc(CNC(=S)N[C@H](c2ccc(C)cc2)c2cccs2)cc1. The molecule has 0 aliphatic rings. The molecular weight excluding hydrogens is 360 g/mol. The third-order valence-corrected chi connectivity index (χ3v) is 5.33. The van der Waals surface area contributed by atoms with E-state index in [1.165, 1.54) is 16.0 Å².